The number of nitrogens with one attached hydrogen (secondary N) is 1. The Hall–Kier alpha value is -1.85. The van der Waals surface area contributed by atoms with Crippen LogP contribution in [0.5, 0.6) is 0 Å². The van der Waals surface area contributed by atoms with Gasteiger partial charge in [-0.1, -0.05) is 6.92 Å². The van der Waals surface area contributed by atoms with E-state index in [2.05, 4.69) is 28.6 Å². The Morgan fingerprint density at radius 1 is 1.10 bits per heavy atom. The number of rotatable bonds is 7. The summed E-state index contributed by atoms with van der Waals surface area (Å²) in [7, 11) is 0. The first kappa shape index (κ1) is 14.6. The molecule has 2 heterocycles. The number of hydrogen-bond donors (Lipinski definition) is 1. The molecule has 0 bridgehead atoms. The first-order valence-corrected chi connectivity index (χ1v) is 7.00. The topological polar surface area (TPSA) is 47.7 Å². The van der Waals surface area contributed by atoms with Gasteiger partial charge in [0.15, 0.2) is 0 Å². The minimum absolute atomic E-state index is 0.302. The normalized spacial score (nSPS) is 11.0. The molecule has 0 radical (unpaired) electrons. The Labute approximate surface area is 118 Å². The maximum Gasteiger partial charge on any atom is 0.109 e. The second-order valence-electron chi connectivity index (χ2n) is 4.94. The first-order chi connectivity index (χ1) is 9.63. The van der Waals surface area contributed by atoms with Crippen molar-refractivity contribution in [2.75, 3.05) is 12.0 Å². The quantitative estimate of drug-likeness (QED) is 0.847. The number of anilines is 1. The van der Waals surface area contributed by atoms with Gasteiger partial charge in [0.1, 0.15) is 6.67 Å². The zero-order chi connectivity index (χ0) is 14.5. The van der Waals surface area contributed by atoms with E-state index in [-0.39, 0.29) is 0 Å². The van der Waals surface area contributed by atoms with Gasteiger partial charge in [-0.15, -0.1) is 0 Å². The van der Waals surface area contributed by atoms with Gasteiger partial charge in [-0.3, -0.25) is 9.36 Å². The van der Waals surface area contributed by atoms with Crippen molar-refractivity contribution in [3.8, 4) is 0 Å². The highest BCUT2D eigenvalue weighted by Gasteiger charge is 2.07. The molecule has 2 aromatic heterocycles. The molecule has 0 spiro atoms. The second-order valence-corrected chi connectivity index (χ2v) is 4.94. The van der Waals surface area contributed by atoms with E-state index in [1.807, 2.05) is 24.7 Å². The molecule has 0 aromatic carbocycles. The third kappa shape index (κ3) is 3.37. The zero-order valence-electron chi connectivity index (χ0n) is 12.4. The van der Waals surface area contributed by atoms with E-state index in [4.69, 9.17) is 0 Å². The van der Waals surface area contributed by atoms with Gasteiger partial charge in [0, 0.05) is 31.0 Å². The van der Waals surface area contributed by atoms with Crippen molar-refractivity contribution in [3.05, 3.63) is 29.3 Å². The van der Waals surface area contributed by atoms with Gasteiger partial charge in [-0.05, 0) is 20.3 Å². The average Bonchev–Trinajstić information content (AvgIpc) is 2.91. The standard InChI is InChI=1S/C14H22FN5/c1-4-6-19-9-13(11(2)17-19)8-16-14-10-20(7-5-15)18-12(14)3/h9-10,16H,4-8H2,1-3H3. The van der Waals surface area contributed by atoms with Crippen LogP contribution in [0.15, 0.2) is 12.4 Å². The van der Waals surface area contributed by atoms with Crippen LogP contribution in [0.25, 0.3) is 0 Å². The molecule has 110 valence electrons. The Bertz CT molecular complexity index is 508. The van der Waals surface area contributed by atoms with E-state index in [0.717, 1.165) is 30.0 Å². The fourth-order valence-electron chi connectivity index (χ4n) is 2.16. The van der Waals surface area contributed by atoms with Gasteiger partial charge in [0.2, 0.25) is 0 Å². The molecule has 0 saturated carbocycles. The lowest BCUT2D eigenvalue weighted by molar-refractivity contribution is 0.426. The number of nitrogens with zero attached hydrogens (tertiary/aromatic N) is 4. The Kier molecular flexibility index (Phi) is 4.76. The smallest absolute Gasteiger partial charge is 0.109 e. The summed E-state index contributed by atoms with van der Waals surface area (Å²) < 4.78 is 15.9. The van der Waals surface area contributed by atoms with Gasteiger partial charge >= 0.3 is 0 Å². The lowest BCUT2D eigenvalue weighted by Crippen LogP contribution is -2.00. The molecule has 0 saturated heterocycles. The molecule has 20 heavy (non-hydrogen) atoms. The molecule has 2 rings (SSSR count). The lowest BCUT2D eigenvalue weighted by Gasteiger charge is -2.03. The van der Waals surface area contributed by atoms with Crippen LogP contribution in [0, 0.1) is 13.8 Å². The predicted octanol–water partition coefficient (Wildman–Crippen LogP) is 2.69. The number of halogens is 1. The van der Waals surface area contributed by atoms with Crippen molar-refractivity contribution in [2.24, 2.45) is 0 Å². The molecule has 0 aliphatic heterocycles. The van der Waals surface area contributed by atoms with Crippen LogP contribution in [-0.4, -0.2) is 26.2 Å². The summed E-state index contributed by atoms with van der Waals surface area (Å²) in [4.78, 5) is 0. The minimum atomic E-state index is -0.399. The molecular formula is C14H22FN5. The number of aryl methyl sites for hydroxylation is 4. The third-order valence-corrected chi connectivity index (χ3v) is 3.23. The monoisotopic (exact) mass is 279 g/mol. The summed E-state index contributed by atoms with van der Waals surface area (Å²) in [6, 6.07) is 0. The number of alkyl halides is 1. The lowest BCUT2D eigenvalue weighted by atomic mass is 10.2. The van der Waals surface area contributed by atoms with E-state index in [1.165, 1.54) is 5.56 Å². The summed E-state index contributed by atoms with van der Waals surface area (Å²) >= 11 is 0. The SMILES string of the molecule is CCCn1cc(CNc2cn(CCF)nc2C)c(C)n1. The molecule has 0 amide bonds. The first-order valence-electron chi connectivity index (χ1n) is 7.00. The molecule has 1 N–H and O–H groups in total. The van der Waals surface area contributed by atoms with Gasteiger partial charge in [0.05, 0.1) is 23.6 Å². The zero-order valence-corrected chi connectivity index (χ0v) is 12.4. The van der Waals surface area contributed by atoms with Crippen LogP contribution >= 0.6 is 0 Å². The average molecular weight is 279 g/mol. The molecule has 2 aromatic rings. The molecule has 0 unspecified atom stereocenters. The molecular weight excluding hydrogens is 257 g/mol. The van der Waals surface area contributed by atoms with Crippen LogP contribution in [0.3, 0.4) is 0 Å². The highest BCUT2D eigenvalue weighted by atomic mass is 19.1. The molecule has 0 aliphatic carbocycles. The maximum absolute atomic E-state index is 12.3. The van der Waals surface area contributed by atoms with Crippen LogP contribution in [0.4, 0.5) is 10.1 Å². The summed E-state index contributed by atoms with van der Waals surface area (Å²) in [5.41, 5.74) is 4.05. The summed E-state index contributed by atoms with van der Waals surface area (Å²) in [5.74, 6) is 0. The summed E-state index contributed by atoms with van der Waals surface area (Å²) in [6.45, 7) is 7.62. The fourth-order valence-corrected chi connectivity index (χ4v) is 2.16. The Morgan fingerprint density at radius 3 is 2.50 bits per heavy atom. The van der Waals surface area contributed by atoms with Gasteiger partial charge < -0.3 is 5.32 Å². The van der Waals surface area contributed by atoms with E-state index >= 15 is 0 Å². The van der Waals surface area contributed by atoms with Crippen LogP contribution in [0.1, 0.15) is 30.3 Å². The largest absolute Gasteiger partial charge is 0.378 e. The molecule has 5 nitrogen and oxygen atoms in total. The highest BCUT2D eigenvalue weighted by Crippen LogP contribution is 2.15. The van der Waals surface area contributed by atoms with Crippen molar-refractivity contribution in [2.45, 2.75) is 46.8 Å². The van der Waals surface area contributed by atoms with Crippen LogP contribution in [-0.2, 0) is 19.6 Å². The number of aromatic nitrogens is 4. The van der Waals surface area contributed by atoms with E-state index in [1.54, 1.807) is 4.68 Å². The predicted molar refractivity (Wildman–Crippen MR) is 77.5 cm³/mol. The number of hydrogen-bond acceptors (Lipinski definition) is 3. The summed E-state index contributed by atoms with van der Waals surface area (Å²) in [5, 5.41) is 12.1. The molecule has 0 aliphatic rings. The van der Waals surface area contributed by atoms with Gasteiger partial charge in [-0.2, -0.15) is 10.2 Å². The van der Waals surface area contributed by atoms with Crippen LogP contribution < -0.4 is 5.32 Å². The fraction of sp³-hybridized carbons (Fsp3) is 0.571. The third-order valence-electron chi connectivity index (χ3n) is 3.23. The Morgan fingerprint density at radius 2 is 1.80 bits per heavy atom. The van der Waals surface area contributed by atoms with Crippen molar-refractivity contribution < 1.29 is 4.39 Å². The summed E-state index contributed by atoms with van der Waals surface area (Å²) in [6.07, 6.45) is 5.00. The minimum Gasteiger partial charge on any atom is -0.378 e. The maximum atomic E-state index is 12.3. The second kappa shape index (κ2) is 6.54. The Balaban J connectivity index is 2.01. The molecule has 0 atom stereocenters. The van der Waals surface area contributed by atoms with E-state index < -0.39 is 6.67 Å². The molecule has 0 fully saturated rings. The van der Waals surface area contributed by atoms with E-state index in [9.17, 15) is 4.39 Å². The van der Waals surface area contributed by atoms with Crippen molar-refractivity contribution in [1.82, 2.24) is 19.6 Å². The van der Waals surface area contributed by atoms with Crippen molar-refractivity contribution in [1.29, 1.82) is 0 Å². The van der Waals surface area contributed by atoms with Crippen molar-refractivity contribution in [3.63, 3.8) is 0 Å². The van der Waals surface area contributed by atoms with Gasteiger partial charge in [0.25, 0.3) is 0 Å². The molecule has 6 heteroatoms. The highest BCUT2D eigenvalue weighted by molar-refractivity contribution is 5.46. The van der Waals surface area contributed by atoms with Crippen molar-refractivity contribution >= 4 is 5.69 Å². The van der Waals surface area contributed by atoms with E-state index in [0.29, 0.717) is 13.1 Å². The van der Waals surface area contributed by atoms with Crippen LogP contribution in [0.2, 0.25) is 0 Å². The van der Waals surface area contributed by atoms with Gasteiger partial charge in [-0.25, -0.2) is 4.39 Å².